The molecule has 0 aliphatic carbocycles. The fraction of sp³-hybridized carbons (Fsp3) is 0.467. The predicted molar refractivity (Wildman–Crippen MR) is 75.8 cm³/mol. The van der Waals surface area contributed by atoms with Gasteiger partial charge in [0.15, 0.2) is 11.5 Å². The van der Waals surface area contributed by atoms with Crippen molar-refractivity contribution in [1.82, 2.24) is 4.90 Å². The molecule has 1 aromatic carbocycles. The lowest BCUT2D eigenvalue weighted by molar-refractivity contribution is -0.142. The summed E-state index contributed by atoms with van der Waals surface area (Å²) in [5, 5.41) is 9.15. The molecule has 1 fully saturated rings. The van der Waals surface area contributed by atoms with E-state index in [0.29, 0.717) is 30.0 Å². The van der Waals surface area contributed by atoms with Gasteiger partial charge in [0.05, 0.1) is 25.7 Å². The average molecular weight is 293 g/mol. The molecule has 1 aromatic rings. The number of rotatable bonds is 4. The summed E-state index contributed by atoms with van der Waals surface area (Å²) in [4.78, 5) is 25.4. The lowest BCUT2D eigenvalue weighted by Crippen LogP contribution is -2.37. The van der Waals surface area contributed by atoms with E-state index in [-0.39, 0.29) is 11.9 Å². The maximum Gasteiger partial charge on any atom is 0.308 e. The minimum atomic E-state index is -0.865. The Morgan fingerprint density at radius 3 is 2.52 bits per heavy atom. The summed E-state index contributed by atoms with van der Waals surface area (Å²) in [6.07, 6.45) is 0.467. The Hall–Kier alpha value is -2.24. The summed E-state index contributed by atoms with van der Waals surface area (Å²) in [5.74, 6) is -0.774. The van der Waals surface area contributed by atoms with Crippen molar-refractivity contribution in [3.63, 3.8) is 0 Å². The largest absolute Gasteiger partial charge is 0.493 e. The smallest absolute Gasteiger partial charge is 0.308 e. The zero-order valence-corrected chi connectivity index (χ0v) is 12.3. The molecule has 1 aliphatic heterocycles. The highest BCUT2D eigenvalue weighted by Crippen LogP contribution is 2.34. The molecule has 0 radical (unpaired) electrons. The highest BCUT2D eigenvalue weighted by Gasteiger charge is 2.39. The Morgan fingerprint density at radius 1 is 1.29 bits per heavy atom. The molecule has 1 aliphatic rings. The van der Waals surface area contributed by atoms with Gasteiger partial charge in [0.2, 0.25) is 0 Å². The summed E-state index contributed by atoms with van der Waals surface area (Å²) < 4.78 is 10.5. The normalized spacial score (nSPS) is 21.2. The number of para-hydroxylation sites is 1. The van der Waals surface area contributed by atoms with Crippen LogP contribution in [0.4, 0.5) is 0 Å². The van der Waals surface area contributed by atoms with E-state index in [1.165, 1.54) is 14.2 Å². The predicted octanol–water partition coefficient (Wildman–Crippen LogP) is 1.64. The monoisotopic (exact) mass is 293 g/mol. The number of carboxylic acids is 1. The van der Waals surface area contributed by atoms with Crippen LogP contribution < -0.4 is 9.47 Å². The number of benzene rings is 1. The van der Waals surface area contributed by atoms with Gasteiger partial charge >= 0.3 is 5.97 Å². The van der Waals surface area contributed by atoms with E-state index in [1.807, 2.05) is 0 Å². The van der Waals surface area contributed by atoms with E-state index in [0.717, 1.165) is 0 Å². The molecule has 114 valence electrons. The summed E-state index contributed by atoms with van der Waals surface area (Å²) in [5.41, 5.74) is 0.384. The standard InChI is InChI=1S/C15H19NO5/c1-9-10(15(18)19)7-8-16(9)14(17)11-5-4-6-12(20-2)13(11)21-3/h4-6,9-10H,7-8H2,1-3H3,(H,18,19). The number of carbonyl (C=O) groups is 2. The molecule has 0 saturated carbocycles. The zero-order chi connectivity index (χ0) is 15.6. The fourth-order valence-electron chi connectivity index (χ4n) is 2.77. The molecule has 1 heterocycles. The highest BCUT2D eigenvalue weighted by atomic mass is 16.5. The molecule has 2 unspecified atom stereocenters. The molecule has 0 aromatic heterocycles. The van der Waals surface area contributed by atoms with Crippen LogP contribution in [-0.2, 0) is 4.79 Å². The van der Waals surface area contributed by atoms with Gasteiger partial charge in [-0.05, 0) is 25.5 Å². The third kappa shape index (κ3) is 2.66. The summed E-state index contributed by atoms with van der Waals surface area (Å²) in [7, 11) is 2.98. The lowest BCUT2D eigenvalue weighted by Gasteiger charge is -2.24. The van der Waals surface area contributed by atoms with Crippen molar-refractivity contribution in [2.75, 3.05) is 20.8 Å². The van der Waals surface area contributed by atoms with Gasteiger partial charge in [-0.25, -0.2) is 0 Å². The quantitative estimate of drug-likeness (QED) is 0.913. The van der Waals surface area contributed by atoms with Gasteiger partial charge in [-0.3, -0.25) is 9.59 Å². The van der Waals surface area contributed by atoms with Crippen molar-refractivity contribution >= 4 is 11.9 Å². The minimum absolute atomic E-state index is 0.234. The Balaban J connectivity index is 2.31. The van der Waals surface area contributed by atoms with Crippen molar-refractivity contribution < 1.29 is 24.2 Å². The summed E-state index contributed by atoms with van der Waals surface area (Å²) in [6, 6.07) is 4.74. The van der Waals surface area contributed by atoms with E-state index in [4.69, 9.17) is 14.6 Å². The summed E-state index contributed by atoms with van der Waals surface area (Å²) >= 11 is 0. The van der Waals surface area contributed by atoms with Crippen LogP contribution in [0.5, 0.6) is 11.5 Å². The van der Waals surface area contributed by atoms with E-state index in [2.05, 4.69) is 0 Å². The molecule has 6 nitrogen and oxygen atoms in total. The second kappa shape index (κ2) is 6.03. The number of ether oxygens (including phenoxy) is 2. The first-order chi connectivity index (χ1) is 10.0. The van der Waals surface area contributed by atoms with Gasteiger partial charge in [0.1, 0.15) is 0 Å². The Morgan fingerprint density at radius 2 is 2.00 bits per heavy atom. The molecule has 2 rings (SSSR count). The molecular weight excluding hydrogens is 274 g/mol. The van der Waals surface area contributed by atoms with Gasteiger partial charge in [0, 0.05) is 12.6 Å². The van der Waals surface area contributed by atoms with Crippen molar-refractivity contribution in [2.24, 2.45) is 5.92 Å². The van der Waals surface area contributed by atoms with Crippen molar-refractivity contribution in [3.05, 3.63) is 23.8 Å². The molecular formula is C15H19NO5. The Kier molecular flexibility index (Phi) is 4.35. The number of hydrogen-bond acceptors (Lipinski definition) is 4. The van der Waals surface area contributed by atoms with Gasteiger partial charge in [0.25, 0.3) is 5.91 Å². The molecule has 2 atom stereocenters. The third-order valence-corrected chi connectivity index (χ3v) is 3.97. The topological polar surface area (TPSA) is 76.1 Å². The van der Waals surface area contributed by atoms with Crippen LogP contribution in [0.25, 0.3) is 0 Å². The number of aliphatic carboxylic acids is 1. The maximum atomic E-state index is 12.7. The fourth-order valence-corrected chi connectivity index (χ4v) is 2.77. The van der Waals surface area contributed by atoms with Crippen LogP contribution in [0.3, 0.4) is 0 Å². The number of amides is 1. The summed E-state index contributed by atoms with van der Waals surface area (Å²) in [6.45, 7) is 2.19. The first-order valence-corrected chi connectivity index (χ1v) is 6.76. The second-order valence-electron chi connectivity index (χ2n) is 5.01. The van der Waals surface area contributed by atoms with E-state index in [9.17, 15) is 9.59 Å². The van der Waals surface area contributed by atoms with E-state index >= 15 is 0 Å². The highest BCUT2D eigenvalue weighted by molar-refractivity contribution is 5.98. The van der Waals surface area contributed by atoms with E-state index in [1.54, 1.807) is 30.0 Å². The van der Waals surface area contributed by atoms with Gasteiger partial charge < -0.3 is 19.5 Å². The third-order valence-electron chi connectivity index (χ3n) is 3.97. The maximum absolute atomic E-state index is 12.7. The van der Waals surface area contributed by atoms with Crippen LogP contribution >= 0.6 is 0 Å². The number of nitrogens with zero attached hydrogens (tertiary/aromatic N) is 1. The van der Waals surface area contributed by atoms with Crippen molar-refractivity contribution in [1.29, 1.82) is 0 Å². The van der Waals surface area contributed by atoms with Gasteiger partial charge in [-0.2, -0.15) is 0 Å². The Bertz CT molecular complexity index is 557. The molecule has 1 amide bonds. The lowest BCUT2D eigenvalue weighted by atomic mass is 10.0. The minimum Gasteiger partial charge on any atom is -0.493 e. The first kappa shape index (κ1) is 15.2. The number of carbonyl (C=O) groups excluding carboxylic acids is 1. The number of likely N-dealkylation sites (tertiary alicyclic amines) is 1. The second-order valence-corrected chi connectivity index (χ2v) is 5.01. The molecule has 21 heavy (non-hydrogen) atoms. The average Bonchev–Trinajstić information content (AvgIpc) is 2.87. The van der Waals surface area contributed by atoms with Crippen LogP contribution in [0.2, 0.25) is 0 Å². The Labute approximate surface area is 123 Å². The van der Waals surface area contributed by atoms with Crippen LogP contribution in [-0.4, -0.2) is 48.7 Å². The molecule has 1 N–H and O–H groups in total. The molecule has 1 saturated heterocycles. The van der Waals surface area contributed by atoms with Crippen LogP contribution in [0, 0.1) is 5.92 Å². The van der Waals surface area contributed by atoms with Gasteiger partial charge in [-0.15, -0.1) is 0 Å². The molecule has 6 heteroatoms. The van der Waals surface area contributed by atoms with Gasteiger partial charge in [-0.1, -0.05) is 6.07 Å². The molecule has 0 spiro atoms. The first-order valence-electron chi connectivity index (χ1n) is 6.76. The van der Waals surface area contributed by atoms with Crippen molar-refractivity contribution in [2.45, 2.75) is 19.4 Å². The number of hydrogen-bond donors (Lipinski definition) is 1. The van der Waals surface area contributed by atoms with Crippen molar-refractivity contribution in [3.8, 4) is 11.5 Å². The zero-order valence-electron chi connectivity index (χ0n) is 12.3. The SMILES string of the molecule is COc1cccc(C(=O)N2CCC(C(=O)O)C2C)c1OC. The molecule has 0 bridgehead atoms. The number of methoxy groups -OCH3 is 2. The van der Waals surface area contributed by atoms with E-state index < -0.39 is 11.9 Å². The van der Waals surface area contributed by atoms with Crippen LogP contribution in [0.15, 0.2) is 18.2 Å². The number of carboxylic acid groups (broad SMARTS) is 1. The van der Waals surface area contributed by atoms with Crippen LogP contribution in [0.1, 0.15) is 23.7 Å².